The van der Waals surface area contributed by atoms with Crippen LogP contribution in [0.4, 0.5) is 26.2 Å². The minimum Gasteiger partial charge on any atom is -0.350 e. The summed E-state index contributed by atoms with van der Waals surface area (Å²) in [5.41, 5.74) is 1.94. The molecule has 0 radical (unpaired) electrons. The van der Waals surface area contributed by atoms with Gasteiger partial charge in [0.05, 0.1) is 12.4 Å². The maximum Gasteiger partial charge on any atom is 0.303 e. The number of hydrogen-bond donors (Lipinski definition) is 2. The van der Waals surface area contributed by atoms with Gasteiger partial charge in [0, 0.05) is 44.0 Å². The number of carbonyl (C=O) groups excluding carboxylic acids is 1. The highest BCUT2D eigenvalue weighted by Gasteiger charge is 2.30. The average Bonchev–Trinajstić information content (AvgIpc) is 3.19. The van der Waals surface area contributed by atoms with E-state index in [-0.39, 0.29) is 17.8 Å². The van der Waals surface area contributed by atoms with Crippen molar-refractivity contribution in [2.24, 2.45) is 0 Å². The van der Waals surface area contributed by atoms with Crippen molar-refractivity contribution in [1.29, 1.82) is 0 Å². The Morgan fingerprint density at radius 1 is 1.19 bits per heavy atom. The zero-order valence-corrected chi connectivity index (χ0v) is 17.4. The molecule has 0 bridgehead atoms. The molecule has 3 aromatic rings. The first kappa shape index (κ1) is 20.6. The molecule has 4 rings (SSSR count). The zero-order valence-electron chi connectivity index (χ0n) is 17.4. The van der Waals surface area contributed by atoms with Crippen molar-refractivity contribution < 1.29 is 13.6 Å². The monoisotopic (exact) mass is 429 g/mol. The number of likely N-dealkylation sites (N-methyl/N-ethyl adjacent to an activating group) is 1. The number of alkyl halides is 2. The fourth-order valence-corrected chi connectivity index (χ4v) is 3.04. The van der Waals surface area contributed by atoms with Crippen LogP contribution in [0.3, 0.4) is 0 Å². The minimum atomic E-state index is -3.14. The van der Waals surface area contributed by atoms with E-state index in [1.54, 1.807) is 44.4 Å². The van der Waals surface area contributed by atoms with E-state index >= 15 is 0 Å². The lowest BCUT2D eigenvalue weighted by Gasteiger charge is -2.31. The van der Waals surface area contributed by atoms with Gasteiger partial charge in [0.15, 0.2) is 11.6 Å². The molecule has 31 heavy (non-hydrogen) atoms. The second-order valence-corrected chi connectivity index (χ2v) is 7.44. The SMILES string of the molecule is Cc1cnc(C(C)(F)F)nc1-n1cc(CNc2ncc3c(n2)N(C)[C@@H](C)C(=O)N3)cn1. The molecule has 10 nitrogen and oxygen atoms in total. The number of carbonyl (C=O) groups is 1. The van der Waals surface area contributed by atoms with Crippen LogP contribution in [-0.2, 0) is 17.3 Å². The van der Waals surface area contributed by atoms with Crippen LogP contribution in [0.15, 0.2) is 24.8 Å². The number of nitrogens with one attached hydrogen (secondary N) is 2. The van der Waals surface area contributed by atoms with Crippen LogP contribution in [0.1, 0.15) is 30.8 Å². The lowest BCUT2D eigenvalue weighted by atomic mass is 10.2. The maximum absolute atomic E-state index is 13.6. The van der Waals surface area contributed by atoms with Gasteiger partial charge < -0.3 is 15.5 Å². The number of fused-ring (bicyclic) bond motifs is 1. The van der Waals surface area contributed by atoms with Crippen LogP contribution in [0, 0.1) is 6.92 Å². The summed E-state index contributed by atoms with van der Waals surface area (Å²) < 4.78 is 28.6. The van der Waals surface area contributed by atoms with E-state index in [4.69, 9.17) is 0 Å². The van der Waals surface area contributed by atoms with Crippen molar-refractivity contribution in [2.45, 2.75) is 39.3 Å². The molecule has 0 fully saturated rings. The van der Waals surface area contributed by atoms with Crippen molar-refractivity contribution >= 4 is 23.4 Å². The third-order valence-electron chi connectivity index (χ3n) is 4.96. The van der Waals surface area contributed by atoms with Gasteiger partial charge >= 0.3 is 5.92 Å². The van der Waals surface area contributed by atoms with Crippen molar-refractivity contribution in [1.82, 2.24) is 29.7 Å². The normalized spacial score (nSPS) is 16.1. The summed E-state index contributed by atoms with van der Waals surface area (Å²) in [5, 5.41) is 10.1. The Bertz CT molecular complexity index is 1140. The number of anilines is 3. The maximum atomic E-state index is 13.6. The second-order valence-electron chi connectivity index (χ2n) is 7.44. The molecule has 1 amide bonds. The fraction of sp³-hybridized carbons (Fsp3) is 0.368. The highest BCUT2D eigenvalue weighted by atomic mass is 19.3. The van der Waals surface area contributed by atoms with Gasteiger partial charge in [-0.1, -0.05) is 0 Å². The molecule has 0 aromatic carbocycles. The van der Waals surface area contributed by atoms with Gasteiger partial charge in [-0.25, -0.2) is 19.6 Å². The first-order chi connectivity index (χ1) is 14.6. The predicted molar refractivity (Wildman–Crippen MR) is 109 cm³/mol. The van der Waals surface area contributed by atoms with Gasteiger partial charge in [0.2, 0.25) is 17.7 Å². The van der Waals surface area contributed by atoms with Crippen LogP contribution in [-0.4, -0.2) is 48.7 Å². The Labute approximate surface area is 176 Å². The van der Waals surface area contributed by atoms with Crippen LogP contribution in [0.2, 0.25) is 0 Å². The highest BCUT2D eigenvalue weighted by Crippen LogP contribution is 2.29. The lowest BCUT2D eigenvalue weighted by Crippen LogP contribution is -2.44. The third kappa shape index (κ3) is 4.00. The molecular weight excluding hydrogens is 408 g/mol. The highest BCUT2D eigenvalue weighted by molar-refractivity contribution is 6.02. The molecular formula is C19H21F2N9O. The molecule has 2 N–H and O–H groups in total. The summed E-state index contributed by atoms with van der Waals surface area (Å²) >= 11 is 0. The molecule has 1 aliphatic heterocycles. The van der Waals surface area contributed by atoms with E-state index in [2.05, 4.69) is 35.7 Å². The van der Waals surface area contributed by atoms with Crippen molar-refractivity contribution in [2.75, 3.05) is 22.6 Å². The second kappa shape index (κ2) is 7.52. The molecule has 0 saturated carbocycles. The summed E-state index contributed by atoms with van der Waals surface area (Å²) in [6, 6.07) is -0.343. The molecule has 0 aliphatic carbocycles. The summed E-state index contributed by atoms with van der Waals surface area (Å²) in [6.45, 7) is 4.62. The van der Waals surface area contributed by atoms with Gasteiger partial charge in [-0.15, -0.1) is 0 Å². The molecule has 4 heterocycles. The van der Waals surface area contributed by atoms with Crippen LogP contribution in [0.5, 0.6) is 0 Å². The van der Waals surface area contributed by atoms with Gasteiger partial charge in [-0.3, -0.25) is 4.79 Å². The van der Waals surface area contributed by atoms with Gasteiger partial charge in [0.1, 0.15) is 11.7 Å². The molecule has 0 saturated heterocycles. The first-order valence-corrected chi connectivity index (χ1v) is 9.54. The molecule has 0 unspecified atom stereocenters. The van der Waals surface area contributed by atoms with Crippen LogP contribution in [0.25, 0.3) is 5.82 Å². The van der Waals surface area contributed by atoms with E-state index in [0.29, 0.717) is 29.6 Å². The van der Waals surface area contributed by atoms with Crippen LogP contribution >= 0.6 is 0 Å². The molecule has 12 heteroatoms. The van der Waals surface area contributed by atoms with Crippen molar-refractivity contribution in [3.05, 3.63) is 41.7 Å². The Balaban J connectivity index is 1.51. The lowest BCUT2D eigenvalue weighted by molar-refractivity contribution is -0.117. The van der Waals surface area contributed by atoms with E-state index in [0.717, 1.165) is 12.5 Å². The quantitative estimate of drug-likeness (QED) is 0.635. The summed E-state index contributed by atoms with van der Waals surface area (Å²) in [4.78, 5) is 30.0. The number of hydrogen-bond acceptors (Lipinski definition) is 8. The van der Waals surface area contributed by atoms with Crippen molar-refractivity contribution in [3.8, 4) is 5.82 Å². The van der Waals surface area contributed by atoms with E-state index < -0.39 is 11.7 Å². The Hall–Kier alpha value is -3.70. The van der Waals surface area contributed by atoms with Gasteiger partial charge in [-0.2, -0.15) is 18.9 Å². The number of nitrogens with zero attached hydrogens (tertiary/aromatic N) is 7. The number of aryl methyl sites for hydroxylation is 1. The predicted octanol–water partition coefficient (Wildman–Crippen LogP) is 2.26. The molecule has 3 aromatic heterocycles. The minimum absolute atomic E-state index is 0.115. The smallest absolute Gasteiger partial charge is 0.303 e. The summed E-state index contributed by atoms with van der Waals surface area (Å²) in [5.74, 6) is -2.53. The summed E-state index contributed by atoms with van der Waals surface area (Å²) in [6.07, 6.45) is 6.19. The van der Waals surface area contributed by atoms with Crippen LogP contribution < -0.4 is 15.5 Å². The average molecular weight is 429 g/mol. The number of halogens is 2. The first-order valence-electron chi connectivity index (χ1n) is 9.54. The molecule has 1 atom stereocenters. The van der Waals surface area contributed by atoms with Gasteiger partial charge in [-0.05, 0) is 13.8 Å². The Kier molecular flexibility index (Phi) is 4.99. The van der Waals surface area contributed by atoms with E-state index in [1.807, 2.05) is 0 Å². The van der Waals surface area contributed by atoms with Crippen molar-refractivity contribution in [3.63, 3.8) is 0 Å². The van der Waals surface area contributed by atoms with E-state index in [9.17, 15) is 13.6 Å². The summed E-state index contributed by atoms with van der Waals surface area (Å²) in [7, 11) is 1.79. The van der Waals surface area contributed by atoms with E-state index in [1.165, 1.54) is 10.9 Å². The zero-order chi connectivity index (χ0) is 22.3. The Morgan fingerprint density at radius 2 is 1.97 bits per heavy atom. The standard InChI is InChI=1S/C19H21F2N9O/c1-10-5-22-17(19(3,20)21)27-14(10)30-9-12(7-25-30)6-23-18-24-8-13-15(28-18)29(4)11(2)16(31)26-13/h5,7-9,11H,6H2,1-4H3,(H,26,31)(H,23,24,28)/t11-/m0/s1. The number of rotatable bonds is 5. The molecule has 0 spiro atoms. The third-order valence-corrected chi connectivity index (χ3v) is 4.96. The number of aromatic nitrogens is 6. The fourth-order valence-electron chi connectivity index (χ4n) is 3.04. The Morgan fingerprint density at radius 3 is 2.71 bits per heavy atom. The largest absolute Gasteiger partial charge is 0.350 e. The number of amides is 1. The topological polar surface area (TPSA) is 114 Å². The van der Waals surface area contributed by atoms with Gasteiger partial charge in [0.25, 0.3) is 0 Å². The molecule has 162 valence electrons. The molecule has 1 aliphatic rings.